The van der Waals surface area contributed by atoms with Crippen molar-refractivity contribution in [3.8, 4) is 0 Å². The van der Waals surface area contributed by atoms with E-state index in [1.54, 1.807) is 0 Å². The summed E-state index contributed by atoms with van der Waals surface area (Å²) in [6.45, 7) is 6.78. The highest BCUT2D eigenvalue weighted by Crippen LogP contribution is 2.31. The Balaban J connectivity index is 2.48. The summed E-state index contributed by atoms with van der Waals surface area (Å²) < 4.78 is 0. The van der Waals surface area contributed by atoms with Crippen LogP contribution in [0.4, 0.5) is 0 Å². The minimum Gasteiger partial charge on any atom is -0.395 e. The monoisotopic (exact) mass is 283 g/mol. The van der Waals surface area contributed by atoms with Gasteiger partial charge in [-0.05, 0) is 49.4 Å². The molecule has 2 aromatic carbocycles. The largest absolute Gasteiger partial charge is 0.395 e. The van der Waals surface area contributed by atoms with Gasteiger partial charge in [-0.15, -0.1) is 0 Å². The number of hydrogen-bond acceptors (Lipinski definition) is 2. The third-order valence-electron chi connectivity index (χ3n) is 4.44. The molecule has 2 aromatic rings. The summed E-state index contributed by atoms with van der Waals surface area (Å²) in [6.07, 6.45) is 0.762. The van der Waals surface area contributed by atoms with E-state index in [-0.39, 0.29) is 6.61 Å². The third-order valence-corrected chi connectivity index (χ3v) is 4.44. The van der Waals surface area contributed by atoms with Crippen LogP contribution in [-0.2, 0) is 11.8 Å². The molecule has 3 N–H and O–H groups in total. The van der Waals surface area contributed by atoms with E-state index >= 15 is 0 Å². The molecule has 0 saturated heterocycles. The molecule has 2 rings (SSSR count). The van der Waals surface area contributed by atoms with Gasteiger partial charge < -0.3 is 10.8 Å². The highest BCUT2D eigenvalue weighted by molar-refractivity contribution is 5.39. The van der Waals surface area contributed by atoms with Gasteiger partial charge in [0.2, 0.25) is 0 Å². The lowest BCUT2D eigenvalue weighted by Gasteiger charge is -2.33. The molecule has 0 bridgehead atoms. The summed E-state index contributed by atoms with van der Waals surface area (Å²) in [4.78, 5) is 0. The van der Waals surface area contributed by atoms with Crippen molar-refractivity contribution in [2.24, 2.45) is 5.73 Å². The molecular formula is C19H25NO. The number of aliphatic hydroxyl groups excluding tert-OH is 1. The molecule has 1 unspecified atom stereocenters. The van der Waals surface area contributed by atoms with Crippen LogP contribution in [0.3, 0.4) is 0 Å². The van der Waals surface area contributed by atoms with Crippen molar-refractivity contribution < 1.29 is 5.11 Å². The van der Waals surface area contributed by atoms with Gasteiger partial charge in [-0.25, -0.2) is 0 Å². The maximum absolute atomic E-state index is 10.1. The second kappa shape index (κ2) is 6.42. The van der Waals surface area contributed by atoms with E-state index in [0.717, 1.165) is 12.0 Å². The van der Waals surface area contributed by atoms with Gasteiger partial charge in [0.1, 0.15) is 0 Å². The molecule has 0 heterocycles. The molecule has 0 radical (unpaired) electrons. The molecule has 1 atom stereocenters. The Bertz CT molecular complexity index is 615. The summed E-state index contributed by atoms with van der Waals surface area (Å²) in [6, 6.07) is 14.7. The van der Waals surface area contributed by atoms with Crippen LogP contribution in [-0.4, -0.2) is 18.3 Å². The first-order valence-electron chi connectivity index (χ1n) is 7.45. The van der Waals surface area contributed by atoms with E-state index in [4.69, 9.17) is 5.73 Å². The van der Waals surface area contributed by atoms with Crippen LogP contribution < -0.4 is 5.73 Å². The second-order valence-electron chi connectivity index (χ2n) is 6.06. The molecule has 2 nitrogen and oxygen atoms in total. The third kappa shape index (κ3) is 3.17. The Morgan fingerprint density at radius 3 is 2.33 bits per heavy atom. The Morgan fingerprint density at radius 2 is 1.71 bits per heavy atom. The van der Waals surface area contributed by atoms with Crippen molar-refractivity contribution in [2.45, 2.75) is 32.6 Å². The Kier molecular flexibility index (Phi) is 4.81. The van der Waals surface area contributed by atoms with Crippen molar-refractivity contribution in [1.29, 1.82) is 0 Å². The molecule has 112 valence electrons. The minimum atomic E-state index is -0.413. The fraction of sp³-hybridized carbons (Fsp3) is 0.368. The van der Waals surface area contributed by atoms with Gasteiger partial charge in [0, 0.05) is 12.0 Å². The lowest BCUT2D eigenvalue weighted by molar-refractivity contribution is 0.195. The van der Waals surface area contributed by atoms with E-state index in [1.807, 2.05) is 12.1 Å². The Hall–Kier alpha value is -1.64. The van der Waals surface area contributed by atoms with E-state index in [2.05, 4.69) is 51.1 Å². The number of aryl methyl sites for hydroxylation is 3. The van der Waals surface area contributed by atoms with Gasteiger partial charge in [-0.1, -0.05) is 48.0 Å². The predicted octanol–water partition coefficient (Wildman–Crippen LogP) is 3.04. The SMILES string of the molecule is Cc1ccc(C)c(CC(CN)(CO)c2ccccc2C)c1. The average Bonchev–Trinajstić information content (AvgIpc) is 2.49. The summed E-state index contributed by atoms with van der Waals surface area (Å²) in [5, 5.41) is 10.1. The van der Waals surface area contributed by atoms with Crippen molar-refractivity contribution in [3.05, 3.63) is 70.3 Å². The maximum atomic E-state index is 10.1. The van der Waals surface area contributed by atoms with Crippen LogP contribution >= 0.6 is 0 Å². The van der Waals surface area contributed by atoms with Gasteiger partial charge in [0.05, 0.1) is 6.61 Å². The lowest BCUT2D eigenvalue weighted by Crippen LogP contribution is -2.41. The lowest BCUT2D eigenvalue weighted by atomic mass is 9.73. The van der Waals surface area contributed by atoms with Gasteiger partial charge in [-0.2, -0.15) is 0 Å². The van der Waals surface area contributed by atoms with Gasteiger partial charge in [-0.3, -0.25) is 0 Å². The second-order valence-corrected chi connectivity index (χ2v) is 6.06. The number of nitrogens with two attached hydrogens (primary N) is 1. The van der Waals surface area contributed by atoms with Crippen molar-refractivity contribution >= 4 is 0 Å². The zero-order valence-electron chi connectivity index (χ0n) is 13.2. The normalized spacial score (nSPS) is 14.0. The first-order valence-corrected chi connectivity index (χ1v) is 7.45. The van der Waals surface area contributed by atoms with E-state index in [9.17, 15) is 5.11 Å². The van der Waals surface area contributed by atoms with Gasteiger partial charge >= 0.3 is 0 Å². The highest BCUT2D eigenvalue weighted by Gasteiger charge is 2.32. The molecular weight excluding hydrogens is 258 g/mol. The van der Waals surface area contributed by atoms with E-state index in [0.29, 0.717) is 6.54 Å². The molecule has 0 aliphatic rings. The molecule has 0 amide bonds. The van der Waals surface area contributed by atoms with Crippen LogP contribution in [0.5, 0.6) is 0 Å². The Labute approximate surface area is 127 Å². The summed E-state index contributed by atoms with van der Waals surface area (Å²) in [5.74, 6) is 0. The molecule has 0 saturated carbocycles. The zero-order valence-corrected chi connectivity index (χ0v) is 13.2. The molecule has 0 fully saturated rings. The standard InChI is InChI=1S/C19H25NO/c1-14-8-9-15(2)17(10-14)11-19(12-20,13-21)18-7-5-4-6-16(18)3/h4-10,21H,11-13,20H2,1-3H3. The summed E-state index contributed by atoms with van der Waals surface area (Å²) in [7, 11) is 0. The fourth-order valence-corrected chi connectivity index (χ4v) is 3.01. The Morgan fingerprint density at radius 1 is 1.00 bits per heavy atom. The predicted molar refractivity (Wildman–Crippen MR) is 88.6 cm³/mol. The minimum absolute atomic E-state index is 0.0573. The van der Waals surface area contributed by atoms with Crippen LogP contribution in [0.1, 0.15) is 27.8 Å². The molecule has 0 aliphatic heterocycles. The summed E-state index contributed by atoms with van der Waals surface area (Å²) in [5.41, 5.74) is 11.8. The first-order chi connectivity index (χ1) is 10.0. The van der Waals surface area contributed by atoms with Crippen LogP contribution in [0.25, 0.3) is 0 Å². The molecule has 0 aliphatic carbocycles. The van der Waals surface area contributed by atoms with Crippen LogP contribution in [0.2, 0.25) is 0 Å². The maximum Gasteiger partial charge on any atom is 0.0543 e. The zero-order chi connectivity index (χ0) is 15.5. The smallest absolute Gasteiger partial charge is 0.0543 e. The number of rotatable bonds is 5. The first kappa shape index (κ1) is 15.7. The number of aliphatic hydroxyl groups is 1. The van der Waals surface area contributed by atoms with Crippen LogP contribution in [0.15, 0.2) is 42.5 Å². The molecule has 2 heteroatoms. The highest BCUT2D eigenvalue weighted by atomic mass is 16.3. The molecule has 21 heavy (non-hydrogen) atoms. The topological polar surface area (TPSA) is 46.2 Å². The van der Waals surface area contributed by atoms with E-state index < -0.39 is 5.41 Å². The van der Waals surface area contributed by atoms with Crippen molar-refractivity contribution in [1.82, 2.24) is 0 Å². The number of benzene rings is 2. The van der Waals surface area contributed by atoms with Crippen molar-refractivity contribution in [2.75, 3.05) is 13.2 Å². The van der Waals surface area contributed by atoms with Crippen molar-refractivity contribution in [3.63, 3.8) is 0 Å². The molecule has 0 aromatic heterocycles. The number of hydrogen-bond donors (Lipinski definition) is 2. The van der Waals surface area contributed by atoms with E-state index in [1.165, 1.54) is 22.3 Å². The average molecular weight is 283 g/mol. The van der Waals surface area contributed by atoms with Crippen LogP contribution in [0, 0.1) is 20.8 Å². The quantitative estimate of drug-likeness (QED) is 0.886. The van der Waals surface area contributed by atoms with Gasteiger partial charge in [0.25, 0.3) is 0 Å². The fourth-order valence-electron chi connectivity index (χ4n) is 3.01. The van der Waals surface area contributed by atoms with Gasteiger partial charge in [0.15, 0.2) is 0 Å². The summed E-state index contributed by atoms with van der Waals surface area (Å²) >= 11 is 0. The molecule has 0 spiro atoms.